The lowest BCUT2D eigenvalue weighted by atomic mass is 10.1. The molecule has 0 aliphatic heterocycles. The average molecular weight is 281 g/mol. The van der Waals surface area contributed by atoms with Gasteiger partial charge in [-0.15, -0.1) is 5.10 Å². The fraction of sp³-hybridized carbons (Fsp3) is 0. The van der Waals surface area contributed by atoms with Crippen molar-refractivity contribution in [1.29, 1.82) is 0 Å². The Bertz CT molecular complexity index is 798. The summed E-state index contributed by atoms with van der Waals surface area (Å²) in [7, 11) is 0. The normalized spacial score (nSPS) is 10.5. The lowest BCUT2D eigenvalue weighted by Crippen LogP contribution is -2.09. The summed E-state index contributed by atoms with van der Waals surface area (Å²) in [6.07, 6.45) is 0. The molecule has 0 aliphatic carbocycles. The van der Waals surface area contributed by atoms with Crippen molar-refractivity contribution < 1.29 is 9.90 Å². The van der Waals surface area contributed by atoms with Gasteiger partial charge in [0.15, 0.2) is 5.82 Å². The molecule has 0 atom stereocenters. The summed E-state index contributed by atoms with van der Waals surface area (Å²) in [6, 6.07) is 13.9. The molecular weight excluding hydrogens is 270 g/mol. The molecule has 0 bridgehead atoms. The minimum atomic E-state index is -1.09. The Hall–Kier alpha value is -3.22. The van der Waals surface area contributed by atoms with Crippen LogP contribution in [0.4, 0.5) is 5.69 Å². The van der Waals surface area contributed by atoms with Crippen molar-refractivity contribution in [2.45, 2.75) is 0 Å². The number of hydrogen-bond donors (Lipinski definition) is 2. The van der Waals surface area contributed by atoms with Gasteiger partial charge in [-0.3, -0.25) is 0 Å². The Morgan fingerprint density at radius 2 is 1.90 bits per heavy atom. The van der Waals surface area contributed by atoms with E-state index in [0.29, 0.717) is 17.2 Å². The minimum absolute atomic E-state index is 0.0412. The Labute approximate surface area is 119 Å². The highest BCUT2D eigenvalue weighted by molar-refractivity contribution is 5.93. The highest BCUT2D eigenvalue weighted by Gasteiger charge is 2.17. The fourth-order valence-electron chi connectivity index (χ4n) is 2.03. The molecule has 0 amide bonds. The number of anilines is 1. The number of nitrogens with zero attached hydrogens (tertiary/aromatic N) is 4. The van der Waals surface area contributed by atoms with E-state index in [1.807, 2.05) is 30.3 Å². The van der Waals surface area contributed by atoms with Gasteiger partial charge >= 0.3 is 5.97 Å². The van der Waals surface area contributed by atoms with Crippen molar-refractivity contribution in [2.24, 2.45) is 0 Å². The molecule has 0 unspecified atom stereocenters. The van der Waals surface area contributed by atoms with Gasteiger partial charge in [0.25, 0.3) is 0 Å². The van der Waals surface area contributed by atoms with Crippen LogP contribution in [-0.2, 0) is 0 Å². The molecule has 7 heteroatoms. The number of carbonyl (C=O) groups is 1. The molecule has 3 rings (SSSR count). The summed E-state index contributed by atoms with van der Waals surface area (Å²) < 4.78 is 1.39. The lowest BCUT2D eigenvalue weighted by molar-refractivity contribution is 0.0697. The SMILES string of the molecule is Nc1ccc(-n2nnnc2-c2ccccc2)c(C(=O)O)c1. The lowest BCUT2D eigenvalue weighted by Gasteiger charge is -2.08. The maximum absolute atomic E-state index is 11.4. The molecule has 0 fully saturated rings. The van der Waals surface area contributed by atoms with E-state index in [1.54, 1.807) is 12.1 Å². The second kappa shape index (κ2) is 5.04. The third-order valence-electron chi connectivity index (χ3n) is 2.98. The number of nitrogens with two attached hydrogens (primary N) is 1. The Morgan fingerprint density at radius 1 is 1.14 bits per heavy atom. The van der Waals surface area contributed by atoms with Crippen LogP contribution in [0, 0.1) is 0 Å². The molecule has 7 nitrogen and oxygen atoms in total. The van der Waals surface area contributed by atoms with Gasteiger partial charge in [-0.1, -0.05) is 30.3 Å². The Balaban J connectivity index is 2.20. The number of carboxylic acid groups (broad SMARTS) is 1. The molecule has 21 heavy (non-hydrogen) atoms. The first-order valence-electron chi connectivity index (χ1n) is 6.14. The number of aromatic carboxylic acids is 1. The highest BCUT2D eigenvalue weighted by atomic mass is 16.4. The third kappa shape index (κ3) is 2.32. The molecule has 0 aliphatic rings. The second-order valence-corrected chi connectivity index (χ2v) is 4.36. The van der Waals surface area contributed by atoms with E-state index >= 15 is 0 Å². The number of hydrogen-bond acceptors (Lipinski definition) is 5. The smallest absolute Gasteiger partial charge is 0.337 e. The molecule has 0 saturated carbocycles. The Morgan fingerprint density at radius 3 is 2.62 bits per heavy atom. The van der Waals surface area contributed by atoms with Crippen molar-refractivity contribution in [3.05, 3.63) is 54.1 Å². The van der Waals surface area contributed by atoms with Gasteiger partial charge in [0, 0.05) is 11.3 Å². The molecule has 0 saturated heterocycles. The molecule has 3 N–H and O–H groups in total. The maximum atomic E-state index is 11.4. The summed E-state index contributed by atoms with van der Waals surface area (Å²) >= 11 is 0. The van der Waals surface area contributed by atoms with Crippen molar-refractivity contribution in [1.82, 2.24) is 20.2 Å². The largest absolute Gasteiger partial charge is 0.478 e. The summed E-state index contributed by atoms with van der Waals surface area (Å²) in [5, 5.41) is 20.8. The van der Waals surface area contributed by atoms with E-state index in [0.717, 1.165) is 5.56 Å². The zero-order valence-corrected chi connectivity index (χ0v) is 10.8. The summed E-state index contributed by atoms with van der Waals surface area (Å²) in [5.41, 5.74) is 7.20. The van der Waals surface area contributed by atoms with E-state index in [9.17, 15) is 9.90 Å². The molecule has 3 aromatic rings. The van der Waals surface area contributed by atoms with Crippen LogP contribution in [0.5, 0.6) is 0 Å². The van der Waals surface area contributed by atoms with Crippen LogP contribution in [0.15, 0.2) is 48.5 Å². The average Bonchev–Trinajstić information content (AvgIpc) is 2.97. The fourth-order valence-corrected chi connectivity index (χ4v) is 2.03. The van der Waals surface area contributed by atoms with Crippen molar-refractivity contribution in [2.75, 3.05) is 5.73 Å². The number of rotatable bonds is 3. The molecule has 1 heterocycles. The highest BCUT2D eigenvalue weighted by Crippen LogP contribution is 2.23. The van der Waals surface area contributed by atoms with Crippen LogP contribution in [0.3, 0.4) is 0 Å². The van der Waals surface area contributed by atoms with Gasteiger partial charge < -0.3 is 10.8 Å². The summed E-state index contributed by atoms with van der Waals surface area (Å²) in [5.74, 6) is -0.630. The van der Waals surface area contributed by atoms with Crippen molar-refractivity contribution >= 4 is 11.7 Å². The van der Waals surface area contributed by atoms with E-state index in [-0.39, 0.29) is 5.56 Å². The first-order chi connectivity index (χ1) is 10.2. The van der Waals surface area contributed by atoms with E-state index in [2.05, 4.69) is 15.5 Å². The minimum Gasteiger partial charge on any atom is -0.478 e. The number of benzene rings is 2. The predicted molar refractivity (Wildman–Crippen MR) is 76.0 cm³/mol. The van der Waals surface area contributed by atoms with Gasteiger partial charge in [-0.2, -0.15) is 4.68 Å². The van der Waals surface area contributed by atoms with Crippen LogP contribution < -0.4 is 5.73 Å². The number of nitrogen functional groups attached to an aromatic ring is 1. The van der Waals surface area contributed by atoms with Crippen LogP contribution in [-0.4, -0.2) is 31.3 Å². The number of aromatic nitrogens is 4. The second-order valence-electron chi connectivity index (χ2n) is 4.36. The first kappa shape index (κ1) is 12.8. The van der Waals surface area contributed by atoms with E-state index < -0.39 is 5.97 Å². The van der Waals surface area contributed by atoms with Crippen LogP contribution >= 0.6 is 0 Å². The maximum Gasteiger partial charge on any atom is 0.337 e. The molecule has 0 spiro atoms. The molecular formula is C14H11N5O2. The third-order valence-corrected chi connectivity index (χ3v) is 2.98. The van der Waals surface area contributed by atoms with Crippen LogP contribution in [0.1, 0.15) is 10.4 Å². The van der Waals surface area contributed by atoms with E-state index in [1.165, 1.54) is 10.7 Å². The molecule has 1 aromatic heterocycles. The van der Waals surface area contributed by atoms with Gasteiger partial charge in [-0.05, 0) is 28.6 Å². The summed E-state index contributed by atoms with van der Waals surface area (Å²) in [6.45, 7) is 0. The molecule has 2 aromatic carbocycles. The Kier molecular flexibility index (Phi) is 3.07. The number of tetrazole rings is 1. The summed E-state index contributed by atoms with van der Waals surface area (Å²) in [4.78, 5) is 11.4. The van der Waals surface area contributed by atoms with Crippen molar-refractivity contribution in [3.63, 3.8) is 0 Å². The quantitative estimate of drug-likeness (QED) is 0.706. The van der Waals surface area contributed by atoms with Gasteiger partial charge in [-0.25, -0.2) is 4.79 Å². The first-order valence-corrected chi connectivity index (χ1v) is 6.14. The number of carboxylic acids is 1. The zero-order valence-electron chi connectivity index (χ0n) is 10.8. The van der Waals surface area contributed by atoms with Gasteiger partial charge in [0.2, 0.25) is 0 Å². The van der Waals surface area contributed by atoms with Gasteiger partial charge in [0.05, 0.1) is 11.3 Å². The molecule has 104 valence electrons. The van der Waals surface area contributed by atoms with Gasteiger partial charge in [0.1, 0.15) is 0 Å². The van der Waals surface area contributed by atoms with Crippen LogP contribution in [0.2, 0.25) is 0 Å². The predicted octanol–water partition coefficient (Wildman–Crippen LogP) is 1.61. The van der Waals surface area contributed by atoms with Crippen molar-refractivity contribution in [3.8, 4) is 17.1 Å². The monoisotopic (exact) mass is 281 g/mol. The van der Waals surface area contributed by atoms with E-state index in [4.69, 9.17) is 5.73 Å². The zero-order chi connectivity index (χ0) is 14.8. The topological polar surface area (TPSA) is 107 Å². The van der Waals surface area contributed by atoms with Crippen LogP contribution in [0.25, 0.3) is 17.1 Å². The molecule has 0 radical (unpaired) electrons. The standard InChI is InChI=1S/C14H11N5O2/c15-10-6-7-12(11(8-10)14(20)21)19-13(16-17-18-19)9-4-2-1-3-5-9/h1-8H,15H2,(H,20,21).